The first-order valence-electron chi connectivity index (χ1n) is 7.86. The minimum absolute atomic E-state index is 0.162. The summed E-state index contributed by atoms with van der Waals surface area (Å²) in [5.41, 5.74) is 2.57. The number of hydrogen-bond acceptors (Lipinski definition) is 3. The van der Waals surface area contributed by atoms with E-state index in [0.717, 1.165) is 19.6 Å². The van der Waals surface area contributed by atoms with Gasteiger partial charge in [0.15, 0.2) is 0 Å². The second-order valence-electron chi connectivity index (χ2n) is 6.94. The quantitative estimate of drug-likeness (QED) is 0.921. The van der Waals surface area contributed by atoms with E-state index in [9.17, 15) is 0 Å². The number of rotatable bonds is 2. The first-order chi connectivity index (χ1) is 9.96. The lowest BCUT2D eigenvalue weighted by atomic mass is 10.0. The number of aryl methyl sites for hydroxylation is 1. The summed E-state index contributed by atoms with van der Waals surface area (Å²) in [5.74, 6) is 0. The first-order valence-corrected chi connectivity index (χ1v) is 7.86. The molecule has 2 heterocycles. The van der Waals surface area contributed by atoms with Crippen LogP contribution in [0.2, 0.25) is 0 Å². The molecule has 0 aliphatic carbocycles. The number of nitrogens with zero attached hydrogens (tertiary/aromatic N) is 3. The summed E-state index contributed by atoms with van der Waals surface area (Å²) in [6, 6.07) is 9.09. The molecule has 4 nitrogen and oxygen atoms in total. The number of para-hydroxylation sites is 1. The Kier molecular flexibility index (Phi) is 3.76. The van der Waals surface area contributed by atoms with Crippen LogP contribution in [0.15, 0.2) is 24.3 Å². The summed E-state index contributed by atoms with van der Waals surface area (Å²) >= 11 is 0. The van der Waals surface area contributed by atoms with Gasteiger partial charge >= 0.3 is 0 Å². The van der Waals surface area contributed by atoms with Crippen molar-refractivity contribution in [1.29, 1.82) is 0 Å². The van der Waals surface area contributed by atoms with Crippen molar-refractivity contribution in [2.75, 3.05) is 13.1 Å². The Hall–Kier alpha value is -1.39. The van der Waals surface area contributed by atoms with Crippen LogP contribution in [0.4, 0.5) is 0 Å². The van der Waals surface area contributed by atoms with Gasteiger partial charge in [-0.1, -0.05) is 18.2 Å². The van der Waals surface area contributed by atoms with E-state index in [0.29, 0.717) is 6.04 Å². The molecule has 1 fully saturated rings. The second kappa shape index (κ2) is 5.43. The van der Waals surface area contributed by atoms with Crippen molar-refractivity contribution >= 4 is 10.9 Å². The molecule has 1 aliphatic heterocycles. The summed E-state index contributed by atoms with van der Waals surface area (Å²) in [4.78, 5) is 2.56. The monoisotopic (exact) mass is 286 g/mol. The lowest BCUT2D eigenvalue weighted by molar-refractivity contribution is 0.171. The third kappa shape index (κ3) is 2.97. The van der Waals surface area contributed by atoms with Gasteiger partial charge in [0.1, 0.15) is 0 Å². The lowest BCUT2D eigenvalue weighted by Gasteiger charge is -2.32. The minimum atomic E-state index is 0.162. The molecule has 1 aromatic heterocycles. The molecule has 1 N–H and O–H groups in total. The molecule has 0 spiro atoms. The average Bonchev–Trinajstić information content (AvgIpc) is 2.67. The van der Waals surface area contributed by atoms with Crippen LogP contribution in [0.25, 0.3) is 10.9 Å². The summed E-state index contributed by atoms with van der Waals surface area (Å²) in [6.07, 6.45) is 1.19. The van der Waals surface area contributed by atoms with Crippen LogP contribution in [0.5, 0.6) is 0 Å². The van der Waals surface area contributed by atoms with Gasteiger partial charge in [-0.15, -0.1) is 0 Å². The largest absolute Gasteiger partial charge is 0.310 e. The van der Waals surface area contributed by atoms with Gasteiger partial charge in [-0.05, 0) is 39.8 Å². The summed E-state index contributed by atoms with van der Waals surface area (Å²) < 4.78 is 2.00. The van der Waals surface area contributed by atoms with E-state index in [4.69, 9.17) is 5.10 Å². The molecule has 0 radical (unpaired) electrons. The fourth-order valence-corrected chi connectivity index (χ4v) is 3.33. The van der Waals surface area contributed by atoms with Gasteiger partial charge in [-0.3, -0.25) is 9.58 Å². The van der Waals surface area contributed by atoms with Crippen molar-refractivity contribution in [2.45, 2.75) is 45.3 Å². The zero-order valence-electron chi connectivity index (χ0n) is 13.6. The Labute approximate surface area is 127 Å². The van der Waals surface area contributed by atoms with Crippen LogP contribution in [0, 0.1) is 0 Å². The molecule has 1 atom stereocenters. The van der Waals surface area contributed by atoms with Crippen molar-refractivity contribution in [1.82, 2.24) is 20.0 Å². The van der Waals surface area contributed by atoms with E-state index >= 15 is 0 Å². The van der Waals surface area contributed by atoms with Crippen molar-refractivity contribution in [3.8, 4) is 0 Å². The van der Waals surface area contributed by atoms with Gasteiger partial charge in [-0.25, -0.2) is 0 Å². The molecule has 0 saturated carbocycles. The number of nitrogens with one attached hydrogen (secondary N) is 1. The van der Waals surface area contributed by atoms with Gasteiger partial charge in [-0.2, -0.15) is 5.10 Å². The van der Waals surface area contributed by atoms with Gasteiger partial charge in [0.2, 0.25) is 0 Å². The highest BCUT2D eigenvalue weighted by molar-refractivity contribution is 5.81. The summed E-state index contributed by atoms with van der Waals surface area (Å²) in [7, 11) is 2.03. The maximum absolute atomic E-state index is 4.75. The molecule has 1 aliphatic rings. The van der Waals surface area contributed by atoms with E-state index in [2.05, 4.69) is 55.3 Å². The predicted molar refractivity (Wildman–Crippen MR) is 87.3 cm³/mol. The van der Waals surface area contributed by atoms with Crippen molar-refractivity contribution in [2.24, 2.45) is 7.05 Å². The first kappa shape index (κ1) is 14.5. The molecule has 0 amide bonds. The van der Waals surface area contributed by atoms with Crippen molar-refractivity contribution in [3.63, 3.8) is 0 Å². The van der Waals surface area contributed by atoms with Crippen LogP contribution in [0.1, 0.15) is 32.9 Å². The van der Waals surface area contributed by atoms with Crippen molar-refractivity contribution < 1.29 is 0 Å². The molecule has 0 bridgehead atoms. The fraction of sp³-hybridized carbons (Fsp3) is 0.588. The molecule has 114 valence electrons. The molecule has 2 aromatic rings. The molecule has 1 unspecified atom stereocenters. The van der Waals surface area contributed by atoms with Crippen molar-refractivity contribution in [3.05, 3.63) is 30.0 Å². The lowest BCUT2D eigenvalue weighted by Crippen LogP contribution is -2.47. The number of hydrogen-bond donors (Lipinski definition) is 1. The number of fused-ring (bicyclic) bond motifs is 1. The molecule has 1 saturated heterocycles. The van der Waals surface area contributed by atoms with E-state index < -0.39 is 0 Å². The fourth-order valence-electron chi connectivity index (χ4n) is 3.33. The third-order valence-corrected chi connectivity index (χ3v) is 4.57. The third-order valence-electron chi connectivity index (χ3n) is 4.57. The molecule has 21 heavy (non-hydrogen) atoms. The van der Waals surface area contributed by atoms with Gasteiger partial charge in [0.25, 0.3) is 0 Å². The highest BCUT2D eigenvalue weighted by Crippen LogP contribution is 2.22. The van der Waals surface area contributed by atoms with Crippen LogP contribution in [0.3, 0.4) is 0 Å². The maximum atomic E-state index is 4.75. The van der Waals surface area contributed by atoms with Crippen LogP contribution < -0.4 is 5.32 Å². The van der Waals surface area contributed by atoms with Gasteiger partial charge < -0.3 is 5.32 Å². The molecule has 4 heteroatoms. The van der Waals surface area contributed by atoms with Crippen LogP contribution >= 0.6 is 0 Å². The normalized spacial score (nSPS) is 23.3. The maximum Gasteiger partial charge on any atom is 0.0843 e. The average molecular weight is 286 g/mol. The topological polar surface area (TPSA) is 33.1 Å². The van der Waals surface area contributed by atoms with Gasteiger partial charge in [0, 0.05) is 37.1 Å². The van der Waals surface area contributed by atoms with E-state index in [-0.39, 0.29) is 5.54 Å². The SMILES string of the molecule is CC1CCNC(C)(C)CN1Cc1nn(C)c2ccccc12. The highest BCUT2D eigenvalue weighted by atomic mass is 15.3. The minimum Gasteiger partial charge on any atom is -0.310 e. The summed E-state index contributed by atoms with van der Waals surface area (Å²) in [5, 5.41) is 9.67. The zero-order chi connectivity index (χ0) is 15.0. The van der Waals surface area contributed by atoms with Gasteiger partial charge in [0.05, 0.1) is 11.2 Å². The van der Waals surface area contributed by atoms with E-state index in [1.807, 2.05) is 11.7 Å². The Balaban J connectivity index is 1.90. The molecular weight excluding hydrogens is 260 g/mol. The van der Waals surface area contributed by atoms with E-state index in [1.165, 1.54) is 23.0 Å². The molecule has 3 rings (SSSR count). The van der Waals surface area contributed by atoms with Crippen LogP contribution in [-0.4, -0.2) is 39.4 Å². The Morgan fingerprint density at radius 1 is 1.33 bits per heavy atom. The number of aromatic nitrogens is 2. The summed E-state index contributed by atoms with van der Waals surface area (Å²) in [6.45, 7) is 9.97. The Bertz CT molecular complexity index is 629. The number of benzene rings is 1. The molecular formula is C17H26N4. The Morgan fingerprint density at radius 2 is 2.10 bits per heavy atom. The standard InChI is InChI=1S/C17H26N4/c1-13-9-10-18-17(2,3)12-21(13)11-15-14-7-5-6-8-16(14)20(4)19-15/h5-8,13,18H,9-12H2,1-4H3. The zero-order valence-corrected chi connectivity index (χ0v) is 13.6. The second-order valence-corrected chi connectivity index (χ2v) is 6.94. The highest BCUT2D eigenvalue weighted by Gasteiger charge is 2.28. The predicted octanol–water partition coefficient (Wildman–Crippen LogP) is 2.54. The molecule has 1 aromatic carbocycles. The smallest absolute Gasteiger partial charge is 0.0843 e. The van der Waals surface area contributed by atoms with Crippen LogP contribution in [-0.2, 0) is 13.6 Å². The van der Waals surface area contributed by atoms with E-state index in [1.54, 1.807) is 0 Å². The Morgan fingerprint density at radius 3 is 2.90 bits per heavy atom.